The van der Waals surface area contributed by atoms with Crippen LogP contribution in [0.5, 0.6) is 0 Å². The van der Waals surface area contributed by atoms with Gasteiger partial charge in [0.1, 0.15) is 5.82 Å². The number of nitrogens with two attached hydrogens (primary N) is 2. The number of H-pyrrole nitrogens is 1. The van der Waals surface area contributed by atoms with E-state index in [1.807, 2.05) is 57.3 Å². The molecule has 0 fully saturated rings. The van der Waals surface area contributed by atoms with Crippen LogP contribution in [-0.4, -0.2) is 16.8 Å². The number of benzene rings is 5. The van der Waals surface area contributed by atoms with E-state index in [9.17, 15) is 14.0 Å². The standard InChI is InChI=1S/C37H34FN5O2/c1-20-7-10-27(39)18-30(20)36(44)43-22(3)31-17-26(15-25-13-14-41-35(25)31)24-9-8-23-5-4-6-29(32(23)16-24)21(2)42-37(45)33-19-28(40)11-12-34(33)38/h4-19,21-22,41H,39-40H2,1-3H3,(H,42,45)(H,43,44)/t21-,22?/m1/s1. The van der Waals surface area contributed by atoms with E-state index in [4.69, 9.17) is 11.5 Å². The van der Waals surface area contributed by atoms with Crippen molar-refractivity contribution in [1.29, 1.82) is 0 Å². The molecule has 0 radical (unpaired) electrons. The molecule has 0 saturated heterocycles. The predicted octanol–water partition coefficient (Wildman–Crippen LogP) is 7.58. The van der Waals surface area contributed by atoms with Crippen molar-refractivity contribution in [3.63, 3.8) is 0 Å². The number of nitrogens with one attached hydrogen (secondary N) is 3. The number of hydrogen-bond donors (Lipinski definition) is 5. The minimum atomic E-state index is -0.626. The third kappa shape index (κ3) is 5.82. The molecule has 7 N–H and O–H groups in total. The Morgan fingerprint density at radius 1 is 0.711 bits per heavy atom. The lowest BCUT2D eigenvalue weighted by Gasteiger charge is -2.19. The number of amides is 2. The van der Waals surface area contributed by atoms with Gasteiger partial charge in [-0.1, -0.05) is 36.4 Å². The Balaban J connectivity index is 1.34. The molecule has 0 saturated carbocycles. The van der Waals surface area contributed by atoms with E-state index in [-0.39, 0.29) is 17.5 Å². The van der Waals surface area contributed by atoms with Gasteiger partial charge in [0.05, 0.1) is 23.2 Å². The molecule has 7 nitrogen and oxygen atoms in total. The van der Waals surface area contributed by atoms with Gasteiger partial charge >= 0.3 is 0 Å². The number of anilines is 2. The van der Waals surface area contributed by atoms with Crippen molar-refractivity contribution < 1.29 is 14.0 Å². The molecule has 45 heavy (non-hydrogen) atoms. The zero-order valence-corrected chi connectivity index (χ0v) is 25.2. The van der Waals surface area contributed by atoms with Crippen molar-refractivity contribution in [2.24, 2.45) is 0 Å². The molecule has 6 rings (SSSR count). The lowest BCUT2D eigenvalue weighted by atomic mass is 9.93. The second-order valence-corrected chi connectivity index (χ2v) is 11.5. The highest BCUT2D eigenvalue weighted by molar-refractivity contribution is 5.98. The summed E-state index contributed by atoms with van der Waals surface area (Å²) in [4.78, 5) is 29.6. The first-order valence-corrected chi connectivity index (χ1v) is 14.8. The van der Waals surface area contributed by atoms with Crippen molar-refractivity contribution in [1.82, 2.24) is 15.6 Å². The van der Waals surface area contributed by atoms with Crippen LogP contribution >= 0.6 is 0 Å². The smallest absolute Gasteiger partial charge is 0.254 e. The van der Waals surface area contributed by atoms with Gasteiger partial charge < -0.3 is 27.1 Å². The van der Waals surface area contributed by atoms with Crippen LogP contribution in [0.2, 0.25) is 0 Å². The molecule has 0 aliphatic rings. The molecule has 0 spiro atoms. The van der Waals surface area contributed by atoms with Gasteiger partial charge in [0, 0.05) is 28.5 Å². The van der Waals surface area contributed by atoms with E-state index in [0.29, 0.717) is 16.9 Å². The molecule has 0 aliphatic carbocycles. The van der Waals surface area contributed by atoms with Crippen molar-refractivity contribution in [3.8, 4) is 11.1 Å². The molecule has 6 aromatic rings. The van der Waals surface area contributed by atoms with Crippen LogP contribution in [-0.2, 0) is 0 Å². The summed E-state index contributed by atoms with van der Waals surface area (Å²) in [5, 5.41) is 9.06. The first kappa shape index (κ1) is 29.4. The number of aromatic nitrogens is 1. The number of aromatic amines is 1. The molecular weight excluding hydrogens is 565 g/mol. The molecular formula is C37H34FN5O2. The first-order valence-electron chi connectivity index (χ1n) is 14.8. The summed E-state index contributed by atoms with van der Waals surface area (Å²) in [7, 11) is 0. The molecule has 2 amide bonds. The van der Waals surface area contributed by atoms with E-state index in [0.717, 1.165) is 49.5 Å². The number of carbonyl (C=O) groups excluding carboxylic acids is 2. The van der Waals surface area contributed by atoms with Crippen LogP contribution in [0, 0.1) is 12.7 Å². The van der Waals surface area contributed by atoms with Crippen LogP contribution < -0.4 is 22.1 Å². The second-order valence-electron chi connectivity index (χ2n) is 11.5. The van der Waals surface area contributed by atoms with Gasteiger partial charge in [0.15, 0.2) is 0 Å². The summed E-state index contributed by atoms with van der Waals surface area (Å²) in [6.45, 7) is 5.73. The highest BCUT2D eigenvalue weighted by Gasteiger charge is 2.20. The van der Waals surface area contributed by atoms with Crippen molar-refractivity contribution in [2.45, 2.75) is 32.9 Å². The van der Waals surface area contributed by atoms with Crippen LogP contribution in [0.1, 0.15) is 63.3 Å². The van der Waals surface area contributed by atoms with E-state index < -0.39 is 17.8 Å². The van der Waals surface area contributed by atoms with Gasteiger partial charge in [-0.2, -0.15) is 0 Å². The molecule has 8 heteroatoms. The molecule has 226 valence electrons. The molecule has 2 atom stereocenters. The van der Waals surface area contributed by atoms with Gasteiger partial charge in [-0.3, -0.25) is 9.59 Å². The van der Waals surface area contributed by atoms with Gasteiger partial charge in [0.2, 0.25) is 0 Å². The number of nitrogen functional groups attached to an aromatic ring is 2. The Morgan fingerprint density at radius 3 is 2.18 bits per heavy atom. The highest BCUT2D eigenvalue weighted by Crippen LogP contribution is 2.34. The Bertz CT molecular complexity index is 2100. The monoisotopic (exact) mass is 599 g/mol. The summed E-state index contributed by atoms with van der Waals surface area (Å²) in [5.41, 5.74) is 18.7. The van der Waals surface area contributed by atoms with Gasteiger partial charge in [-0.15, -0.1) is 0 Å². The fraction of sp³-hybridized carbons (Fsp3) is 0.135. The fourth-order valence-electron chi connectivity index (χ4n) is 5.87. The number of rotatable bonds is 7. The number of aryl methyl sites for hydroxylation is 1. The fourth-order valence-corrected chi connectivity index (χ4v) is 5.87. The average molecular weight is 600 g/mol. The Kier molecular flexibility index (Phi) is 7.72. The summed E-state index contributed by atoms with van der Waals surface area (Å²) >= 11 is 0. The minimum Gasteiger partial charge on any atom is -0.399 e. The zero-order chi connectivity index (χ0) is 31.8. The number of carbonyl (C=O) groups is 2. The molecule has 1 heterocycles. The zero-order valence-electron chi connectivity index (χ0n) is 25.2. The maximum Gasteiger partial charge on any atom is 0.254 e. The third-order valence-corrected chi connectivity index (χ3v) is 8.31. The molecule has 0 aliphatic heterocycles. The van der Waals surface area contributed by atoms with Crippen LogP contribution in [0.25, 0.3) is 32.8 Å². The van der Waals surface area contributed by atoms with E-state index in [1.165, 1.54) is 18.2 Å². The quantitative estimate of drug-likeness (QED) is 0.121. The second kappa shape index (κ2) is 11.8. The Hall–Kier alpha value is -5.63. The topological polar surface area (TPSA) is 126 Å². The van der Waals surface area contributed by atoms with Crippen LogP contribution in [0.3, 0.4) is 0 Å². The predicted molar refractivity (Wildman–Crippen MR) is 179 cm³/mol. The van der Waals surface area contributed by atoms with Crippen molar-refractivity contribution >= 4 is 44.9 Å². The lowest BCUT2D eigenvalue weighted by Crippen LogP contribution is -2.27. The van der Waals surface area contributed by atoms with Gasteiger partial charge in [-0.25, -0.2) is 4.39 Å². The van der Waals surface area contributed by atoms with E-state index in [2.05, 4.69) is 45.9 Å². The van der Waals surface area contributed by atoms with Crippen LogP contribution in [0.4, 0.5) is 15.8 Å². The minimum absolute atomic E-state index is 0.0952. The largest absolute Gasteiger partial charge is 0.399 e. The number of halogens is 1. The van der Waals surface area contributed by atoms with Crippen LogP contribution in [0.15, 0.2) is 97.2 Å². The van der Waals surface area contributed by atoms with Crippen molar-refractivity contribution in [3.05, 3.63) is 131 Å². The Morgan fingerprint density at radius 2 is 1.40 bits per heavy atom. The number of hydrogen-bond acceptors (Lipinski definition) is 4. The molecule has 5 aromatic carbocycles. The van der Waals surface area contributed by atoms with Gasteiger partial charge in [-0.05, 0) is 114 Å². The summed E-state index contributed by atoms with van der Waals surface area (Å²) in [5.74, 6) is -1.35. The lowest BCUT2D eigenvalue weighted by molar-refractivity contribution is 0.0929. The third-order valence-electron chi connectivity index (χ3n) is 8.31. The molecule has 1 aromatic heterocycles. The SMILES string of the molecule is Cc1ccc(N)cc1C(=O)NC(C)c1cc(-c2ccc3cccc([C@@H](C)NC(=O)c4cc(N)ccc4F)c3c2)cc2cc[nH]c12. The average Bonchev–Trinajstić information content (AvgIpc) is 3.51. The van der Waals surface area contributed by atoms with Gasteiger partial charge in [0.25, 0.3) is 11.8 Å². The van der Waals surface area contributed by atoms with Crippen molar-refractivity contribution in [2.75, 3.05) is 11.5 Å². The van der Waals surface area contributed by atoms with E-state index >= 15 is 0 Å². The maximum atomic E-state index is 14.4. The normalized spacial score (nSPS) is 12.6. The first-order chi connectivity index (χ1) is 21.6. The highest BCUT2D eigenvalue weighted by atomic mass is 19.1. The molecule has 1 unspecified atom stereocenters. The Labute approximate surface area is 260 Å². The number of fused-ring (bicyclic) bond motifs is 2. The molecule has 0 bridgehead atoms. The summed E-state index contributed by atoms with van der Waals surface area (Å²) in [6, 6.07) is 26.9. The summed E-state index contributed by atoms with van der Waals surface area (Å²) < 4.78 is 14.4. The maximum absolute atomic E-state index is 14.4. The summed E-state index contributed by atoms with van der Waals surface area (Å²) in [6.07, 6.45) is 1.89. The van der Waals surface area contributed by atoms with E-state index in [1.54, 1.807) is 12.1 Å².